The van der Waals surface area contributed by atoms with Gasteiger partial charge in [-0.05, 0) is 71.8 Å². The average Bonchev–Trinajstić information content (AvgIpc) is 3.75. The van der Waals surface area contributed by atoms with Gasteiger partial charge in [-0.3, -0.25) is 0 Å². The second kappa shape index (κ2) is 9.35. The monoisotopic (exact) mass is 632 g/mol. The summed E-state index contributed by atoms with van der Waals surface area (Å²) in [6, 6.07) is 31.4. The van der Waals surface area contributed by atoms with Gasteiger partial charge in [0.2, 0.25) is 0 Å². The first kappa shape index (κ1) is 24.0. The van der Waals surface area contributed by atoms with E-state index in [-0.39, 0.29) is 0 Å². The molecule has 184 valence electrons. The highest BCUT2D eigenvalue weighted by Crippen LogP contribution is 2.47. The van der Waals surface area contributed by atoms with Crippen LogP contribution < -0.4 is 0 Å². The van der Waals surface area contributed by atoms with E-state index < -0.39 is 0 Å². The van der Waals surface area contributed by atoms with Gasteiger partial charge in [-0.25, -0.2) is 0 Å². The molecule has 0 aliphatic rings. The Morgan fingerprint density at radius 1 is 0.368 bits per heavy atom. The molecule has 0 amide bonds. The Balaban J connectivity index is 1.15. The summed E-state index contributed by atoms with van der Waals surface area (Å²) < 4.78 is 7.65. The molecule has 0 atom stereocenters. The lowest BCUT2D eigenvalue weighted by Gasteiger charge is -1.99. The summed E-state index contributed by atoms with van der Waals surface area (Å²) in [5, 5.41) is 2.73. The number of benzene rings is 2. The molecule has 0 fully saturated rings. The van der Waals surface area contributed by atoms with Gasteiger partial charge in [-0.2, -0.15) is 0 Å². The van der Waals surface area contributed by atoms with Gasteiger partial charge in [0.1, 0.15) is 0 Å². The highest BCUT2D eigenvalue weighted by molar-refractivity contribution is 7.83. The van der Waals surface area contributed by atoms with Crippen molar-refractivity contribution in [1.82, 2.24) is 0 Å². The van der Waals surface area contributed by atoms with E-state index in [1.54, 1.807) is 22.7 Å². The van der Waals surface area contributed by atoms with E-state index in [1.165, 1.54) is 70.0 Å². The van der Waals surface area contributed by atoms with Crippen molar-refractivity contribution in [2.24, 2.45) is 0 Å². The largest absolute Gasteiger partial charge is 0.134 e. The quantitative estimate of drug-likeness (QED) is 0.177. The zero-order valence-electron chi connectivity index (χ0n) is 19.4. The first-order chi connectivity index (χ1) is 18.6. The van der Waals surface area contributed by atoms with Crippen molar-refractivity contribution in [3.8, 4) is 40.4 Å². The summed E-state index contributed by atoms with van der Waals surface area (Å²) in [6.07, 6.45) is 0. The Labute approximate surface area is 254 Å². The van der Waals surface area contributed by atoms with E-state index >= 15 is 0 Å². The maximum atomic E-state index is 4.48. The van der Waals surface area contributed by atoms with Crippen LogP contribution in [0.25, 0.3) is 70.0 Å². The summed E-state index contributed by atoms with van der Waals surface area (Å²) >= 11 is 20.0. The van der Waals surface area contributed by atoms with Crippen LogP contribution in [-0.2, 0) is 0 Å². The molecular weight excluding hydrogens is 617 g/mol. The minimum atomic E-state index is 1.06. The van der Waals surface area contributed by atoms with E-state index in [1.807, 2.05) is 45.3 Å². The molecule has 8 aromatic rings. The standard InChI is InChI=1S/C30H16S8/c31-27-11-9-23(35-27)21-7-5-19(33-21)15-1-3-17-25(13-15)37-30-18-4-2-16(14-26(18)38-29(17)30)20-6-8-22(34-20)24-10-12-28(32)36-24/h1-14,31-32H. The van der Waals surface area contributed by atoms with E-state index in [2.05, 4.69) is 110 Å². The van der Waals surface area contributed by atoms with Crippen molar-refractivity contribution in [2.45, 2.75) is 8.42 Å². The van der Waals surface area contributed by atoms with E-state index in [4.69, 9.17) is 0 Å². The van der Waals surface area contributed by atoms with Crippen LogP contribution in [0.15, 0.2) is 93.3 Å². The predicted molar refractivity (Wildman–Crippen MR) is 182 cm³/mol. The van der Waals surface area contributed by atoms with Crippen LogP contribution in [0.4, 0.5) is 0 Å². The van der Waals surface area contributed by atoms with Crippen molar-refractivity contribution in [1.29, 1.82) is 0 Å². The smallest absolute Gasteiger partial charge is 0.0574 e. The van der Waals surface area contributed by atoms with Crippen molar-refractivity contribution in [3.05, 3.63) is 84.9 Å². The molecule has 0 radical (unpaired) electrons. The van der Waals surface area contributed by atoms with Crippen LogP contribution in [0.5, 0.6) is 0 Å². The molecule has 6 heterocycles. The Kier molecular flexibility index (Phi) is 5.90. The molecule has 0 unspecified atom stereocenters. The third-order valence-electron chi connectivity index (χ3n) is 6.53. The number of hydrogen-bond acceptors (Lipinski definition) is 8. The third-order valence-corrected chi connectivity index (χ3v) is 14.3. The molecule has 0 aliphatic carbocycles. The Hall–Kier alpha value is -1.88. The second-order valence-electron chi connectivity index (χ2n) is 8.89. The van der Waals surface area contributed by atoms with Crippen LogP contribution >= 0.6 is 93.3 Å². The number of hydrogen-bond donors (Lipinski definition) is 2. The number of fused-ring (bicyclic) bond motifs is 5. The van der Waals surface area contributed by atoms with Crippen LogP contribution in [0.2, 0.25) is 0 Å². The van der Waals surface area contributed by atoms with E-state index in [9.17, 15) is 0 Å². The molecule has 0 spiro atoms. The molecule has 0 aliphatic heterocycles. The maximum Gasteiger partial charge on any atom is 0.0574 e. The zero-order chi connectivity index (χ0) is 25.4. The molecule has 0 saturated heterocycles. The zero-order valence-corrected chi connectivity index (χ0v) is 26.1. The molecule has 38 heavy (non-hydrogen) atoms. The van der Waals surface area contributed by atoms with E-state index in [0.717, 1.165) is 8.42 Å². The average molecular weight is 633 g/mol. The normalized spacial score (nSPS) is 11.9. The number of rotatable bonds is 4. The first-order valence-electron chi connectivity index (χ1n) is 11.8. The van der Waals surface area contributed by atoms with Crippen LogP contribution in [0.1, 0.15) is 0 Å². The lowest BCUT2D eigenvalue weighted by atomic mass is 10.1. The van der Waals surface area contributed by atoms with Crippen molar-refractivity contribution in [3.63, 3.8) is 0 Å². The molecule has 0 nitrogen and oxygen atoms in total. The lowest BCUT2D eigenvalue weighted by molar-refractivity contribution is 1.76. The molecule has 6 aromatic heterocycles. The van der Waals surface area contributed by atoms with Gasteiger partial charge >= 0.3 is 0 Å². The number of thiophene rings is 6. The van der Waals surface area contributed by atoms with Crippen molar-refractivity contribution >= 4 is 123 Å². The highest BCUT2D eigenvalue weighted by atomic mass is 32.2. The SMILES string of the molecule is Sc1ccc(-c2ccc(-c3ccc4c(c3)sc3c5ccc(-c6ccc(-c7ccc(S)s7)s6)cc5sc43)s2)s1. The first-order valence-corrected chi connectivity index (χ1v) is 17.6. The fraction of sp³-hybridized carbons (Fsp3) is 0. The van der Waals surface area contributed by atoms with Gasteiger partial charge in [0, 0.05) is 49.4 Å². The second-order valence-corrected chi connectivity index (χ2v) is 16.9. The van der Waals surface area contributed by atoms with Crippen molar-refractivity contribution in [2.75, 3.05) is 0 Å². The third kappa shape index (κ3) is 4.05. The minimum absolute atomic E-state index is 1.06. The molecule has 0 saturated carbocycles. The molecule has 2 aromatic carbocycles. The van der Waals surface area contributed by atoms with Crippen LogP contribution in [-0.4, -0.2) is 0 Å². The van der Waals surface area contributed by atoms with Gasteiger partial charge in [0.15, 0.2) is 0 Å². The van der Waals surface area contributed by atoms with Crippen LogP contribution in [0.3, 0.4) is 0 Å². The number of thiol groups is 2. The van der Waals surface area contributed by atoms with Gasteiger partial charge in [0.05, 0.1) is 17.8 Å². The van der Waals surface area contributed by atoms with Gasteiger partial charge < -0.3 is 0 Å². The lowest BCUT2D eigenvalue weighted by Crippen LogP contribution is -1.71. The topological polar surface area (TPSA) is 0 Å². The summed E-state index contributed by atoms with van der Waals surface area (Å²) in [6.45, 7) is 0. The minimum Gasteiger partial charge on any atom is -0.134 e. The fourth-order valence-corrected chi connectivity index (χ4v) is 11.9. The Bertz CT molecular complexity index is 1970. The predicted octanol–water partition coefficient (Wildman–Crippen LogP) is 12.8. The van der Waals surface area contributed by atoms with Gasteiger partial charge in [-0.15, -0.1) is 93.3 Å². The molecule has 0 N–H and O–H groups in total. The molecule has 0 bridgehead atoms. The summed E-state index contributed by atoms with van der Waals surface area (Å²) in [5.41, 5.74) is 2.59. The van der Waals surface area contributed by atoms with Crippen molar-refractivity contribution < 1.29 is 0 Å². The van der Waals surface area contributed by atoms with Gasteiger partial charge in [-0.1, -0.05) is 24.3 Å². The summed E-state index contributed by atoms with van der Waals surface area (Å²) in [4.78, 5) is 7.80. The summed E-state index contributed by atoms with van der Waals surface area (Å²) in [7, 11) is 0. The highest BCUT2D eigenvalue weighted by Gasteiger charge is 2.15. The molecule has 8 heteroatoms. The molecular formula is C30H16S8. The van der Waals surface area contributed by atoms with Crippen LogP contribution in [0, 0.1) is 0 Å². The maximum absolute atomic E-state index is 4.48. The molecule has 8 rings (SSSR count). The Morgan fingerprint density at radius 3 is 1.18 bits per heavy atom. The van der Waals surface area contributed by atoms with Gasteiger partial charge in [0.25, 0.3) is 0 Å². The summed E-state index contributed by atoms with van der Waals surface area (Å²) in [5.74, 6) is 0. The Morgan fingerprint density at radius 2 is 0.763 bits per heavy atom. The van der Waals surface area contributed by atoms with E-state index in [0.29, 0.717) is 0 Å². The fourth-order valence-electron chi connectivity index (χ4n) is 4.73.